The Hall–Kier alpha value is -2.50. The van der Waals surface area contributed by atoms with Crippen molar-refractivity contribution >= 4 is 16.7 Å². The van der Waals surface area contributed by atoms with Crippen LogP contribution in [0, 0.1) is 0 Å². The monoisotopic (exact) mass is 296 g/mol. The lowest BCUT2D eigenvalue weighted by atomic mass is 10.1. The molecule has 0 fully saturated rings. The van der Waals surface area contributed by atoms with E-state index in [-0.39, 0.29) is 11.3 Å². The quantitative estimate of drug-likeness (QED) is 0.692. The number of phenolic OH excluding ortho intramolecular Hbond substituents is 1. The minimum atomic E-state index is -4.69. The summed E-state index contributed by atoms with van der Waals surface area (Å²) < 4.78 is 41.9. The van der Waals surface area contributed by atoms with E-state index in [2.05, 4.69) is 11.3 Å². The van der Waals surface area contributed by atoms with E-state index in [0.29, 0.717) is 16.8 Å². The van der Waals surface area contributed by atoms with Gasteiger partial charge in [-0.05, 0) is 41.1 Å². The number of hydrogen-bond donors (Lipinski definition) is 1. The van der Waals surface area contributed by atoms with Crippen molar-refractivity contribution in [1.82, 2.24) is 0 Å². The molecular weight excluding hydrogens is 285 g/mol. The van der Waals surface area contributed by atoms with E-state index in [1.807, 2.05) is 0 Å². The number of benzene rings is 2. The summed E-state index contributed by atoms with van der Waals surface area (Å²) in [5, 5.41) is 10.6. The lowest BCUT2D eigenvalue weighted by Crippen LogP contribution is -2.31. The van der Waals surface area contributed by atoms with E-state index >= 15 is 0 Å². The SMILES string of the molecule is C=CC(OC(=O)c1ccc2cc(O)ccc2c1)C(F)(F)F. The van der Waals surface area contributed by atoms with Gasteiger partial charge < -0.3 is 9.84 Å². The minimum absolute atomic E-state index is 0.00992. The van der Waals surface area contributed by atoms with Gasteiger partial charge in [0.2, 0.25) is 6.10 Å². The normalized spacial score (nSPS) is 12.9. The number of phenols is 1. The summed E-state index contributed by atoms with van der Waals surface area (Å²) in [5.41, 5.74) is -0.00992. The first kappa shape index (κ1) is 14.9. The summed E-state index contributed by atoms with van der Waals surface area (Å²) in [6, 6.07) is 8.69. The molecule has 0 saturated heterocycles. The maximum Gasteiger partial charge on any atom is 0.429 e. The van der Waals surface area contributed by atoms with Gasteiger partial charge in [-0.3, -0.25) is 0 Å². The fourth-order valence-electron chi connectivity index (χ4n) is 1.79. The highest BCUT2D eigenvalue weighted by atomic mass is 19.4. The van der Waals surface area contributed by atoms with Crippen molar-refractivity contribution in [1.29, 1.82) is 0 Å². The molecule has 0 aromatic heterocycles. The third-order valence-corrected chi connectivity index (χ3v) is 2.83. The van der Waals surface area contributed by atoms with Crippen molar-refractivity contribution in [3.8, 4) is 5.75 Å². The molecule has 110 valence electrons. The van der Waals surface area contributed by atoms with Crippen LogP contribution in [0.5, 0.6) is 5.75 Å². The molecule has 0 aliphatic heterocycles. The number of ether oxygens (including phenoxy) is 1. The van der Waals surface area contributed by atoms with E-state index in [0.717, 1.165) is 0 Å². The highest BCUT2D eigenvalue weighted by Gasteiger charge is 2.40. The van der Waals surface area contributed by atoms with Gasteiger partial charge in [-0.25, -0.2) is 4.79 Å². The Morgan fingerprint density at radius 2 is 1.81 bits per heavy atom. The second-order valence-corrected chi connectivity index (χ2v) is 4.35. The fourth-order valence-corrected chi connectivity index (χ4v) is 1.79. The van der Waals surface area contributed by atoms with Gasteiger partial charge in [-0.15, -0.1) is 0 Å². The zero-order chi connectivity index (χ0) is 15.6. The summed E-state index contributed by atoms with van der Waals surface area (Å²) >= 11 is 0. The summed E-state index contributed by atoms with van der Waals surface area (Å²) in [6.07, 6.45) is -6.52. The number of alkyl halides is 3. The molecular formula is C15H11F3O3. The van der Waals surface area contributed by atoms with Crippen molar-refractivity contribution in [2.24, 2.45) is 0 Å². The number of rotatable bonds is 3. The van der Waals surface area contributed by atoms with Crippen LogP contribution in [0.1, 0.15) is 10.4 Å². The molecule has 0 amide bonds. The number of fused-ring (bicyclic) bond motifs is 1. The molecule has 0 heterocycles. The predicted molar refractivity (Wildman–Crippen MR) is 71.1 cm³/mol. The van der Waals surface area contributed by atoms with E-state index in [1.54, 1.807) is 6.07 Å². The van der Waals surface area contributed by atoms with E-state index in [4.69, 9.17) is 0 Å². The third kappa shape index (κ3) is 3.34. The molecule has 2 aromatic rings. The number of carbonyl (C=O) groups excluding carboxylic acids is 1. The largest absolute Gasteiger partial charge is 0.508 e. The first-order valence-corrected chi connectivity index (χ1v) is 5.94. The maximum atomic E-state index is 12.5. The molecule has 0 spiro atoms. The Bertz CT molecular complexity index is 692. The van der Waals surface area contributed by atoms with Crippen LogP contribution in [0.2, 0.25) is 0 Å². The molecule has 0 bridgehead atoms. The second-order valence-electron chi connectivity index (χ2n) is 4.35. The number of aromatic hydroxyl groups is 1. The zero-order valence-electron chi connectivity index (χ0n) is 10.7. The molecule has 1 atom stereocenters. The van der Waals surface area contributed by atoms with Crippen LogP contribution >= 0.6 is 0 Å². The summed E-state index contributed by atoms with van der Waals surface area (Å²) in [5.74, 6) is -1.03. The lowest BCUT2D eigenvalue weighted by Gasteiger charge is -2.17. The van der Waals surface area contributed by atoms with E-state index in [1.165, 1.54) is 30.3 Å². The average Bonchev–Trinajstić information content (AvgIpc) is 2.42. The van der Waals surface area contributed by atoms with Gasteiger partial charge in [0.05, 0.1) is 5.56 Å². The van der Waals surface area contributed by atoms with Crippen molar-refractivity contribution < 1.29 is 27.8 Å². The smallest absolute Gasteiger partial charge is 0.429 e. The van der Waals surface area contributed by atoms with Crippen LogP contribution < -0.4 is 0 Å². The van der Waals surface area contributed by atoms with Crippen molar-refractivity contribution in [3.05, 3.63) is 54.6 Å². The van der Waals surface area contributed by atoms with Gasteiger partial charge in [0.25, 0.3) is 0 Å². The van der Waals surface area contributed by atoms with E-state index in [9.17, 15) is 23.1 Å². The molecule has 3 nitrogen and oxygen atoms in total. The fraction of sp³-hybridized carbons (Fsp3) is 0.133. The molecule has 0 aliphatic carbocycles. The summed E-state index contributed by atoms with van der Waals surface area (Å²) in [7, 11) is 0. The standard InChI is InChI=1S/C15H11F3O3/c1-2-13(15(16,17)18)21-14(20)11-4-3-10-8-12(19)6-5-9(10)7-11/h2-8,13,19H,1H2. The number of halogens is 3. The number of hydrogen-bond acceptors (Lipinski definition) is 3. The molecule has 6 heteroatoms. The van der Waals surface area contributed by atoms with Gasteiger partial charge in [0.15, 0.2) is 0 Å². The van der Waals surface area contributed by atoms with Gasteiger partial charge in [-0.1, -0.05) is 18.7 Å². The molecule has 21 heavy (non-hydrogen) atoms. The Morgan fingerprint density at radius 1 is 1.19 bits per heavy atom. The molecule has 2 aromatic carbocycles. The van der Waals surface area contributed by atoms with Crippen molar-refractivity contribution in [3.63, 3.8) is 0 Å². The second kappa shape index (κ2) is 5.47. The van der Waals surface area contributed by atoms with Gasteiger partial charge in [-0.2, -0.15) is 13.2 Å². The van der Waals surface area contributed by atoms with Crippen LogP contribution in [0.4, 0.5) is 13.2 Å². The third-order valence-electron chi connectivity index (χ3n) is 2.83. The van der Waals surface area contributed by atoms with Gasteiger partial charge in [0, 0.05) is 0 Å². The molecule has 0 radical (unpaired) electrons. The average molecular weight is 296 g/mol. The lowest BCUT2D eigenvalue weighted by molar-refractivity contribution is -0.188. The van der Waals surface area contributed by atoms with Crippen LogP contribution in [-0.4, -0.2) is 23.4 Å². The van der Waals surface area contributed by atoms with Crippen LogP contribution in [0.15, 0.2) is 49.1 Å². The van der Waals surface area contributed by atoms with Crippen LogP contribution in [0.25, 0.3) is 10.8 Å². The minimum Gasteiger partial charge on any atom is -0.508 e. The summed E-state index contributed by atoms with van der Waals surface area (Å²) in [4.78, 5) is 11.8. The zero-order valence-corrected chi connectivity index (χ0v) is 10.7. The highest BCUT2D eigenvalue weighted by molar-refractivity contribution is 5.95. The molecule has 1 N–H and O–H groups in total. The maximum absolute atomic E-state index is 12.5. The molecule has 0 aliphatic rings. The topological polar surface area (TPSA) is 46.5 Å². The highest BCUT2D eigenvalue weighted by Crippen LogP contribution is 2.26. The Kier molecular flexibility index (Phi) is 3.88. The molecule has 2 rings (SSSR count). The Morgan fingerprint density at radius 3 is 2.43 bits per heavy atom. The predicted octanol–water partition coefficient (Wildman–Crippen LogP) is 3.82. The molecule has 1 unspecified atom stereocenters. The van der Waals surface area contributed by atoms with Crippen molar-refractivity contribution in [2.75, 3.05) is 0 Å². The summed E-state index contributed by atoms with van der Waals surface area (Å²) in [6.45, 7) is 3.01. The van der Waals surface area contributed by atoms with Gasteiger partial charge in [0.1, 0.15) is 5.75 Å². The van der Waals surface area contributed by atoms with Crippen LogP contribution in [0.3, 0.4) is 0 Å². The Balaban J connectivity index is 2.27. The van der Waals surface area contributed by atoms with Crippen molar-refractivity contribution in [2.45, 2.75) is 12.3 Å². The van der Waals surface area contributed by atoms with Crippen LogP contribution in [-0.2, 0) is 4.74 Å². The first-order valence-electron chi connectivity index (χ1n) is 5.94. The first-order chi connectivity index (χ1) is 9.81. The number of carbonyl (C=O) groups is 1. The number of esters is 1. The Labute approximate surface area is 118 Å². The van der Waals surface area contributed by atoms with Gasteiger partial charge >= 0.3 is 12.1 Å². The van der Waals surface area contributed by atoms with E-state index < -0.39 is 18.2 Å². The molecule has 0 saturated carbocycles.